The molecule has 1 aliphatic heterocycles. The highest BCUT2D eigenvalue weighted by atomic mass is 32.1. The first-order valence-corrected chi connectivity index (χ1v) is 8.15. The minimum absolute atomic E-state index is 0.109. The molecule has 0 radical (unpaired) electrons. The van der Waals surface area contributed by atoms with Gasteiger partial charge in [-0.2, -0.15) is 0 Å². The molecule has 1 aromatic rings. The Bertz CT molecular complexity index is 428. The summed E-state index contributed by atoms with van der Waals surface area (Å²) in [4.78, 5) is 18.2. The number of thiazole rings is 1. The molecule has 4 nitrogen and oxygen atoms in total. The van der Waals surface area contributed by atoms with Gasteiger partial charge in [-0.1, -0.05) is 6.42 Å². The molecule has 104 valence electrons. The Kier molecular flexibility index (Phi) is 4.13. The third-order valence-corrected chi connectivity index (χ3v) is 5.07. The number of carbonyl (C=O) groups excluding carboxylic acids is 1. The van der Waals surface area contributed by atoms with Crippen LogP contribution < -0.4 is 10.6 Å². The smallest absolute Gasteiger partial charge is 0.230 e. The van der Waals surface area contributed by atoms with Crippen molar-refractivity contribution in [1.82, 2.24) is 10.3 Å². The molecular formula is C14H21N3OS. The molecule has 19 heavy (non-hydrogen) atoms. The number of amides is 1. The van der Waals surface area contributed by atoms with Crippen molar-refractivity contribution in [2.75, 3.05) is 18.4 Å². The van der Waals surface area contributed by atoms with Crippen LogP contribution in [0.4, 0.5) is 5.13 Å². The number of piperidine rings is 1. The second kappa shape index (κ2) is 6.01. The summed E-state index contributed by atoms with van der Waals surface area (Å²) in [5, 5.41) is 7.11. The van der Waals surface area contributed by atoms with Gasteiger partial charge in [0.2, 0.25) is 5.91 Å². The van der Waals surface area contributed by atoms with Gasteiger partial charge in [0.1, 0.15) is 0 Å². The molecule has 0 spiro atoms. The standard InChI is InChI=1S/C14H21N3OS/c18-13(10-5-4-8-15-9-10)17-14-16-11-6-2-1-3-7-12(11)19-14/h10,15H,1-9H2,(H,16,17,18). The van der Waals surface area contributed by atoms with Crippen LogP contribution in [0.25, 0.3) is 0 Å². The quantitative estimate of drug-likeness (QED) is 0.817. The summed E-state index contributed by atoms with van der Waals surface area (Å²) in [5.41, 5.74) is 1.22. The normalized spacial score (nSPS) is 23.5. The van der Waals surface area contributed by atoms with Crippen molar-refractivity contribution >= 4 is 22.4 Å². The third kappa shape index (κ3) is 3.15. The lowest BCUT2D eigenvalue weighted by Gasteiger charge is -2.21. The molecule has 1 aromatic heterocycles. The third-order valence-electron chi connectivity index (χ3n) is 3.99. The average molecular weight is 279 g/mol. The van der Waals surface area contributed by atoms with Gasteiger partial charge in [-0.05, 0) is 45.1 Å². The van der Waals surface area contributed by atoms with Gasteiger partial charge in [0.15, 0.2) is 5.13 Å². The van der Waals surface area contributed by atoms with Gasteiger partial charge in [0, 0.05) is 11.4 Å². The maximum absolute atomic E-state index is 12.2. The Morgan fingerprint density at radius 2 is 2.16 bits per heavy atom. The van der Waals surface area contributed by atoms with Crippen molar-refractivity contribution in [2.45, 2.75) is 44.9 Å². The first-order valence-electron chi connectivity index (χ1n) is 7.33. The lowest BCUT2D eigenvalue weighted by Crippen LogP contribution is -2.37. The Labute approximate surface area is 118 Å². The number of carbonyl (C=O) groups is 1. The number of aromatic nitrogens is 1. The summed E-state index contributed by atoms with van der Waals surface area (Å²) >= 11 is 1.68. The maximum atomic E-state index is 12.2. The molecule has 1 unspecified atom stereocenters. The average Bonchev–Trinajstić information content (AvgIpc) is 2.69. The molecule has 1 fully saturated rings. The van der Waals surface area contributed by atoms with Crippen molar-refractivity contribution < 1.29 is 4.79 Å². The number of hydrogen-bond donors (Lipinski definition) is 2. The Morgan fingerprint density at radius 3 is 3.00 bits per heavy atom. The van der Waals surface area contributed by atoms with Crippen LogP contribution in [0.1, 0.15) is 42.7 Å². The van der Waals surface area contributed by atoms with Gasteiger partial charge >= 0.3 is 0 Å². The zero-order valence-corrected chi connectivity index (χ0v) is 12.0. The summed E-state index contributed by atoms with van der Waals surface area (Å²) in [6.07, 6.45) is 8.08. The van der Waals surface area contributed by atoms with Crippen LogP contribution in [0.15, 0.2) is 0 Å². The molecule has 2 aliphatic rings. The predicted octanol–water partition coefficient (Wildman–Crippen LogP) is 2.35. The molecule has 3 rings (SSSR count). The molecular weight excluding hydrogens is 258 g/mol. The zero-order chi connectivity index (χ0) is 13.1. The van der Waals surface area contributed by atoms with E-state index < -0.39 is 0 Å². The van der Waals surface area contributed by atoms with Crippen molar-refractivity contribution in [2.24, 2.45) is 5.92 Å². The molecule has 5 heteroatoms. The van der Waals surface area contributed by atoms with Gasteiger partial charge in [-0.25, -0.2) is 4.98 Å². The lowest BCUT2D eigenvalue weighted by atomic mass is 9.99. The van der Waals surface area contributed by atoms with Crippen molar-refractivity contribution in [1.29, 1.82) is 0 Å². The number of aryl methyl sites for hydroxylation is 2. The van der Waals surface area contributed by atoms with Crippen LogP contribution in [-0.2, 0) is 17.6 Å². The number of rotatable bonds is 2. The minimum Gasteiger partial charge on any atom is -0.316 e. The summed E-state index contributed by atoms with van der Waals surface area (Å²) in [6.45, 7) is 1.84. The highest BCUT2D eigenvalue weighted by Gasteiger charge is 2.22. The van der Waals surface area contributed by atoms with E-state index in [1.807, 2.05) is 0 Å². The Morgan fingerprint density at radius 1 is 1.26 bits per heavy atom. The highest BCUT2D eigenvalue weighted by Crippen LogP contribution is 2.29. The van der Waals surface area contributed by atoms with E-state index in [1.54, 1.807) is 11.3 Å². The van der Waals surface area contributed by atoms with Gasteiger partial charge in [-0.15, -0.1) is 11.3 Å². The molecule has 0 aromatic carbocycles. The minimum atomic E-state index is 0.109. The topological polar surface area (TPSA) is 54.0 Å². The van der Waals surface area contributed by atoms with Crippen LogP contribution in [0.3, 0.4) is 0 Å². The lowest BCUT2D eigenvalue weighted by molar-refractivity contribution is -0.120. The summed E-state index contributed by atoms with van der Waals surface area (Å²) in [5.74, 6) is 0.244. The molecule has 1 atom stereocenters. The van der Waals surface area contributed by atoms with Crippen molar-refractivity contribution in [3.8, 4) is 0 Å². The van der Waals surface area contributed by atoms with Gasteiger partial charge < -0.3 is 10.6 Å². The van der Waals surface area contributed by atoms with E-state index in [0.29, 0.717) is 0 Å². The fourth-order valence-corrected chi connectivity index (χ4v) is 3.92. The second-order valence-electron chi connectivity index (χ2n) is 5.48. The molecule has 2 heterocycles. The van der Waals surface area contributed by atoms with Crippen LogP contribution in [-0.4, -0.2) is 24.0 Å². The van der Waals surface area contributed by atoms with E-state index >= 15 is 0 Å². The number of fused-ring (bicyclic) bond motifs is 1. The Hall–Kier alpha value is -0.940. The maximum Gasteiger partial charge on any atom is 0.230 e. The van der Waals surface area contributed by atoms with Crippen LogP contribution in [0.2, 0.25) is 0 Å². The highest BCUT2D eigenvalue weighted by molar-refractivity contribution is 7.15. The second-order valence-corrected chi connectivity index (χ2v) is 6.57. The molecule has 0 saturated carbocycles. The molecule has 1 aliphatic carbocycles. The number of anilines is 1. The fourth-order valence-electron chi connectivity index (χ4n) is 2.87. The summed E-state index contributed by atoms with van der Waals surface area (Å²) in [6, 6.07) is 0. The van der Waals surface area contributed by atoms with Gasteiger partial charge in [0.25, 0.3) is 0 Å². The van der Waals surface area contributed by atoms with Crippen LogP contribution in [0, 0.1) is 5.92 Å². The van der Waals surface area contributed by atoms with Crippen molar-refractivity contribution in [3.05, 3.63) is 10.6 Å². The predicted molar refractivity (Wildman–Crippen MR) is 77.6 cm³/mol. The largest absolute Gasteiger partial charge is 0.316 e. The Balaban J connectivity index is 1.64. The van der Waals surface area contributed by atoms with E-state index in [1.165, 1.54) is 29.8 Å². The first-order chi connectivity index (χ1) is 9.33. The molecule has 1 saturated heterocycles. The van der Waals surface area contributed by atoms with E-state index in [0.717, 1.165) is 43.9 Å². The SMILES string of the molecule is O=C(Nc1nc2c(s1)CCCCC2)C1CCCNC1. The monoisotopic (exact) mass is 279 g/mol. The number of nitrogens with zero attached hydrogens (tertiary/aromatic N) is 1. The van der Waals surface area contributed by atoms with E-state index in [9.17, 15) is 4.79 Å². The summed E-state index contributed by atoms with van der Waals surface area (Å²) < 4.78 is 0. The van der Waals surface area contributed by atoms with E-state index in [-0.39, 0.29) is 11.8 Å². The number of nitrogens with one attached hydrogen (secondary N) is 2. The molecule has 0 bridgehead atoms. The van der Waals surface area contributed by atoms with Crippen LogP contribution in [0.5, 0.6) is 0 Å². The molecule has 1 amide bonds. The van der Waals surface area contributed by atoms with Crippen molar-refractivity contribution in [3.63, 3.8) is 0 Å². The molecule has 2 N–H and O–H groups in total. The zero-order valence-electron chi connectivity index (χ0n) is 11.2. The summed E-state index contributed by atoms with van der Waals surface area (Å²) in [7, 11) is 0. The van der Waals surface area contributed by atoms with E-state index in [4.69, 9.17) is 0 Å². The fraction of sp³-hybridized carbons (Fsp3) is 0.714. The first kappa shape index (κ1) is 13.1. The van der Waals surface area contributed by atoms with E-state index in [2.05, 4.69) is 15.6 Å². The van der Waals surface area contributed by atoms with Gasteiger partial charge in [-0.3, -0.25) is 4.79 Å². The number of hydrogen-bond acceptors (Lipinski definition) is 4. The van der Waals surface area contributed by atoms with Gasteiger partial charge in [0.05, 0.1) is 11.6 Å². The van der Waals surface area contributed by atoms with Crippen LogP contribution >= 0.6 is 11.3 Å².